The van der Waals surface area contributed by atoms with Gasteiger partial charge >= 0.3 is 5.97 Å². The molecule has 112 valence electrons. The second-order valence-corrected chi connectivity index (χ2v) is 5.27. The number of nitrogens with zero attached hydrogens (tertiary/aromatic N) is 1. The number of carboxylic acid groups (broad SMARTS) is 1. The van der Waals surface area contributed by atoms with Crippen molar-refractivity contribution in [3.8, 4) is 0 Å². The van der Waals surface area contributed by atoms with Crippen molar-refractivity contribution in [3.05, 3.63) is 0 Å². The van der Waals surface area contributed by atoms with E-state index in [1.165, 1.54) is 0 Å². The van der Waals surface area contributed by atoms with Crippen LogP contribution in [0.4, 0.5) is 0 Å². The first-order valence-corrected chi connectivity index (χ1v) is 6.74. The molecule has 6 heteroatoms. The minimum Gasteiger partial charge on any atom is -0.481 e. The number of β-amino-alcohol motifs (C(OH)–C–C–N with tert-alkyl or cyclic N) is 1. The quantitative estimate of drug-likeness (QED) is 0.625. The minimum absolute atomic E-state index is 0.0296. The topological polar surface area (TPSA) is 79.2 Å². The summed E-state index contributed by atoms with van der Waals surface area (Å²) in [5.41, 5.74) is 0. The van der Waals surface area contributed by atoms with Crippen molar-refractivity contribution >= 4 is 5.97 Å². The number of carboxylic acids is 1. The first kappa shape index (κ1) is 16.4. The highest BCUT2D eigenvalue weighted by atomic mass is 16.5. The molecule has 0 amide bonds. The summed E-state index contributed by atoms with van der Waals surface area (Å²) < 4.78 is 10.4. The molecular weight excluding hydrogens is 250 g/mol. The highest BCUT2D eigenvalue weighted by Gasteiger charge is 2.25. The number of hydrogen-bond donors (Lipinski definition) is 2. The van der Waals surface area contributed by atoms with E-state index < -0.39 is 12.1 Å². The average Bonchev–Trinajstić information content (AvgIpc) is 2.73. The molecule has 6 nitrogen and oxygen atoms in total. The maximum atomic E-state index is 10.6. The van der Waals surface area contributed by atoms with Crippen molar-refractivity contribution in [3.63, 3.8) is 0 Å². The fourth-order valence-electron chi connectivity index (χ4n) is 2.40. The zero-order valence-corrected chi connectivity index (χ0v) is 11.7. The number of aliphatic hydroxyl groups is 1. The average molecular weight is 275 g/mol. The lowest BCUT2D eigenvalue weighted by Gasteiger charge is -2.21. The lowest BCUT2D eigenvalue weighted by Crippen LogP contribution is -2.35. The first-order valence-electron chi connectivity index (χ1n) is 6.74. The normalized spacial score (nSPS) is 23.4. The molecule has 1 fully saturated rings. The van der Waals surface area contributed by atoms with Gasteiger partial charge < -0.3 is 24.6 Å². The highest BCUT2D eigenvalue weighted by Crippen LogP contribution is 2.19. The summed E-state index contributed by atoms with van der Waals surface area (Å²) in [4.78, 5) is 12.7. The fourth-order valence-corrected chi connectivity index (χ4v) is 2.40. The Morgan fingerprint density at radius 1 is 1.47 bits per heavy atom. The van der Waals surface area contributed by atoms with Gasteiger partial charge in [0, 0.05) is 26.6 Å². The van der Waals surface area contributed by atoms with Crippen LogP contribution in [-0.4, -0.2) is 73.2 Å². The van der Waals surface area contributed by atoms with E-state index >= 15 is 0 Å². The molecule has 0 aromatic heterocycles. The van der Waals surface area contributed by atoms with Crippen LogP contribution in [0.5, 0.6) is 0 Å². The number of likely N-dealkylation sites (tertiary alicyclic amines) is 1. The SMILES string of the molecule is COCC(C)OCC(O)CN1CCC(CC(=O)O)C1. The molecule has 2 N–H and O–H groups in total. The molecule has 0 aliphatic carbocycles. The summed E-state index contributed by atoms with van der Waals surface area (Å²) in [7, 11) is 1.61. The van der Waals surface area contributed by atoms with Crippen molar-refractivity contribution in [2.75, 3.05) is 40.0 Å². The molecule has 0 spiro atoms. The first-order chi connectivity index (χ1) is 9.01. The number of rotatable bonds is 9. The summed E-state index contributed by atoms with van der Waals surface area (Å²) in [6.45, 7) is 4.83. The number of methoxy groups -OCH3 is 1. The zero-order valence-electron chi connectivity index (χ0n) is 11.7. The highest BCUT2D eigenvalue weighted by molar-refractivity contribution is 5.67. The molecular formula is C13H25NO5. The van der Waals surface area contributed by atoms with Gasteiger partial charge in [0.05, 0.1) is 25.4 Å². The number of aliphatic carboxylic acids is 1. The van der Waals surface area contributed by atoms with Gasteiger partial charge in [-0.3, -0.25) is 4.79 Å². The van der Waals surface area contributed by atoms with Crippen molar-refractivity contribution in [1.29, 1.82) is 0 Å². The minimum atomic E-state index is -0.746. The van der Waals surface area contributed by atoms with Crippen LogP contribution in [0.25, 0.3) is 0 Å². The van der Waals surface area contributed by atoms with Crippen LogP contribution < -0.4 is 0 Å². The largest absolute Gasteiger partial charge is 0.481 e. The molecule has 1 saturated heterocycles. The van der Waals surface area contributed by atoms with E-state index in [2.05, 4.69) is 4.90 Å². The smallest absolute Gasteiger partial charge is 0.303 e. The van der Waals surface area contributed by atoms with Crippen LogP contribution in [0.3, 0.4) is 0 Å². The Hall–Kier alpha value is -0.690. The van der Waals surface area contributed by atoms with E-state index in [4.69, 9.17) is 14.6 Å². The number of aliphatic hydroxyl groups excluding tert-OH is 1. The lowest BCUT2D eigenvalue weighted by atomic mass is 10.1. The Bertz CT molecular complexity index is 274. The third-order valence-electron chi connectivity index (χ3n) is 3.28. The second kappa shape index (κ2) is 8.47. The molecule has 1 rings (SSSR count). The van der Waals surface area contributed by atoms with Crippen LogP contribution in [-0.2, 0) is 14.3 Å². The molecule has 0 aromatic rings. The Kier molecular flexibility index (Phi) is 7.30. The van der Waals surface area contributed by atoms with E-state index in [-0.39, 0.29) is 25.0 Å². The van der Waals surface area contributed by atoms with Crippen molar-refractivity contribution in [2.24, 2.45) is 5.92 Å². The van der Waals surface area contributed by atoms with Crippen LogP contribution in [0.2, 0.25) is 0 Å². The van der Waals surface area contributed by atoms with E-state index in [0.29, 0.717) is 13.2 Å². The molecule has 3 unspecified atom stereocenters. The predicted octanol–water partition coefficient (Wildman–Crippen LogP) is 0.195. The number of hydrogen-bond acceptors (Lipinski definition) is 5. The van der Waals surface area contributed by atoms with Crippen LogP contribution in [0.1, 0.15) is 19.8 Å². The summed E-state index contributed by atoms with van der Waals surface area (Å²) >= 11 is 0. The van der Waals surface area contributed by atoms with Gasteiger partial charge in [0.25, 0.3) is 0 Å². The van der Waals surface area contributed by atoms with Crippen LogP contribution in [0, 0.1) is 5.92 Å². The van der Waals surface area contributed by atoms with Gasteiger partial charge in [0.1, 0.15) is 0 Å². The predicted molar refractivity (Wildman–Crippen MR) is 70.1 cm³/mol. The molecule has 0 saturated carbocycles. The summed E-state index contributed by atoms with van der Waals surface area (Å²) in [5, 5.41) is 18.6. The lowest BCUT2D eigenvalue weighted by molar-refractivity contribution is -0.138. The molecule has 1 aliphatic rings. The third-order valence-corrected chi connectivity index (χ3v) is 3.28. The van der Waals surface area contributed by atoms with Gasteiger partial charge in [-0.05, 0) is 25.8 Å². The Morgan fingerprint density at radius 2 is 2.21 bits per heavy atom. The van der Waals surface area contributed by atoms with Gasteiger partial charge in [-0.2, -0.15) is 0 Å². The molecule has 19 heavy (non-hydrogen) atoms. The van der Waals surface area contributed by atoms with Crippen molar-refractivity contribution in [2.45, 2.75) is 32.0 Å². The van der Waals surface area contributed by atoms with Gasteiger partial charge in [-0.1, -0.05) is 0 Å². The standard InChI is InChI=1S/C13H25NO5/c1-10(8-18-2)19-9-12(15)7-14-4-3-11(6-14)5-13(16)17/h10-12,15H,3-9H2,1-2H3,(H,16,17). The maximum absolute atomic E-state index is 10.6. The molecule has 1 heterocycles. The fraction of sp³-hybridized carbons (Fsp3) is 0.923. The van der Waals surface area contributed by atoms with Crippen LogP contribution in [0.15, 0.2) is 0 Å². The molecule has 0 radical (unpaired) electrons. The zero-order chi connectivity index (χ0) is 14.3. The third kappa shape index (κ3) is 6.87. The summed E-state index contributed by atoms with van der Waals surface area (Å²) in [5.74, 6) is -0.540. The number of carbonyl (C=O) groups is 1. The van der Waals surface area contributed by atoms with Gasteiger partial charge in [-0.25, -0.2) is 0 Å². The van der Waals surface area contributed by atoms with Crippen molar-refractivity contribution in [1.82, 2.24) is 4.90 Å². The maximum Gasteiger partial charge on any atom is 0.303 e. The van der Waals surface area contributed by atoms with Crippen LogP contribution >= 0.6 is 0 Å². The monoisotopic (exact) mass is 275 g/mol. The van der Waals surface area contributed by atoms with Gasteiger partial charge in [-0.15, -0.1) is 0 Å². The molecule has 1 aliphatic heterocycles. The van der Waals surface area contributed by atoms with E-state index in [9.17, 15) is 9.90 Å². The van der Waals surface area contributed by atoms with E-state index in [1.54, 1.807) is 7.11 Å². The summed E-state index contributed by atoms with van der Waals surface area (Å²) in [6.07, 6.45) is 0.536. The second-order valence-electron chi connectivity index (χ2n) is 5.27. The van der Waals surface area contributed by atoms with Crippen molar-refractivity contribution < 1.29 is 24.5 Å². The van der Waals surface area contributed by atoms with E-state index in [1.807, 2.05) is 6.92 Å². The van der Waals surface area contributed by atoms with Gasteiger partial charge in [0.15, 0.2) is 0 Å². The Balaban J connectivity index is 2.15. The molecule has 3 atom stereocenters. The van der Waals surface area contributed by atoms with Gasteiger partial charge in [0.2, 0.25) is 0 Å². The van der Waals surface area contributed by atoms with E-state index in [0.717, 1.165) is 19.5 Å². The Labute approximate surface area is 114 Å². The molecule has 0 aromatic carbocycles. The Morgan fingerprint density at radius 3 is 2.84 bits per heavy atom. The molecule has 0 bridgehead atoms. The number of ether oxygens (including phenoxy) is 2. The summed E-state index contributed by atoms with van der Waals surface area (Å²) in [6, 6.07) is 0.